The average Bonchev–Trinajstić information content (AvgIpc) is 2.71. The molecule has 0 bridgehead atoms. The van der Waals surface area contributed by atoms with Crippen LogP contribution in [0.2, 0.25) is 0 Å². The lowest BCUT2D eigenvalue weighted by atomic mass is 10.1. The maximum atomic E-state index is 12.7. The molecule has 0 saturated carbocycles. The Morgan fingerprint density at radius 2 is 2.00 bits per heavy atom. The van der Waals surface area contributed by atoms with Crippen molar-refractivity contribution in [3.05, 3.63) is 51.6 Å². The summed E-state index contributed by atoms with van der Waals surface area (Å²) in [4.78, 5) is 10.7. The smallest absolute Gasteiger partial charge is 0.295 e. The van der Waals surface area contributed by atoms with E-state index in [0.717, 1.165) is 24.5 Å². The second kappa shape index (κ2) is 11.0. The number of ether oxygens (including phenoxy) is 1. The third kappa shape index (κ3) is 6.75. The molecule has 164 valence electrons. The molecular formula is C20H28N4O5S. The quantitative estimate of drug-likeness (QED) is 0.273. The van der Waals surface area contributed by atoms with Crippen LogP contribution in [-0.2, 0) is 14.8 Å². The highest BCUT2D eigenvalue weighted by Crippen LogP contribution is 2.29. The summed E-state index contributed by atoms with van der Waals surface area (Å²) in [6.45, 7) is 7.13. The van der Waals surface area contributed by atoms with Crippen LogP contribution in [-0.4, -0.2) is 50.2 Å². The summed E-state index contributed by atoms with van der Waals surface area (Å²) >= 11 is 0. The topological polar surface area (TPSA) is 114 Å². The first-order chi connectivity index (χ1) is 14.2. The van der Waals surface area contributed by atoms with Crippen LogP contribution < -0.4 is 5.43 Å². The molecule has 30 heavy (non-hydrogen) atoms. The molecule has 0 radical (unpaired) electrons. The van der Waals surface area contributed by atoms with Gasteiger partial charge in [0.05, 0.1) is 23.0 Å². The molecule has 1 N–H and O–H groups in total. The van der Waals surface area contributed by atoms with Crippen molar-refractivity contribution in [1.29, 1.82) is 0 Å². The van der Waals surface area contributed by atoms with Gasteiger partial charge >= 0.3 is 0 Å². The van der Waals surface area contributed by atoms with Crippen LogP contribution in [0.1, 0.15) is 33.6 Å². The van der Waals surface area contributed by atoms with Crippen LogP contribution >= 0.6 is 0 Å². The fourth-order valence-electron chi connectivity index (χ4n) is 2.80. The van der Waals surface area contributed by atoms with Crippen LogP contribution in [0, 0.1) is 10.1 Å². The van der Waals surface area contributed by atoms with E-state index in [4.69, 9.17) is 4.74 Å². The number of nitro benzene ring substituents is 1. The van der Waals surface area contributed by atoms with Gasteiger partial charge in [0, 0.05) is 25.4 Å². The molecule has 1 aliphatic heterocycles. The number of rotatable bonds is 9. The maximum absolute atomic E-state index is 12.7. The number of nitro groups is 1. The van der Waals surface area contributed by atoms with Crippen molar-refractivity contribution in [3.63, 3.8) is 0 Å². The minimum absolute atomic E-state index is 0.118. The second-order valence-corrected chi connectivity index (χ2v) is 9.11. The summed E-state index contributed by atoms with van der Waals surface area (Å²) in [6.07, 6.45) is 7.35. The summed E-state index contributed by atoms with van der Waals surface area (Å²) in [5.74, 6) is 0. The molecule has 1 saturated heterocycles. The van der Waals surface area contributed by atoms with Crippen molar-refractivity contribution in [2.75, 3.05) is 31.7 Å². The fraction of sp³-hybridized carbons (Fsp3) is 0.450. The fourth-order valence-corrected chi connectivity index (χ4v) is 4.23. The first-order valence-electron chi connectivity index (χ1n) is 9.66. The van der Waals surface area contributed by atoms with Crippen LogP contribution in [0.3, 0.4) is 0 Å². The van der Waals surface area contributed by atoms with E-state index in [0.29, 0.717) is 13.2 Å². The Hall–Kier alpha value is -2.56. The molecule has 1 heterocycles. The number of hydrogen-bond acceptors (Lipinski definition) is 7. The van der Waals surface area contributed by atoms with E-state index in [-0.39, 0.29) is 29.4 Å². The van der Waals surface area contributed by atoms with Gasteiger partial charge in [-0.25, -0.2) is 8.42 Å². The molecule has 0 aliphatic carbocycles. The number of nitrogens with one attached hydrogen (secondary N) is 1. The van der Waals surface area contributed by atoms with Crippen LogP contribution in [0.4, 0.5) is 11.4 Å². The van der Waals surface area contributed by atoms with E-state index in [2.05, 4.69) is 30.5 Å². The highest BCUT2D eigenvalue weighted by atomic mass is 32.2. The predicted octanol–water partition coefficient (Wildman–Crippen LogP) is 3.71. The van der Waals surface area contributed by atoms with Crippen molar-refractivity contribution >= 4 is 27.6 Å². The molecule has 0 aromatic heterocycles. The summed E-state index contributed by atoms with van der Waals surface area (Å²) in [7, 11) is -3.82. The predicted molar refractivity (Wildman–Crippen MR) is 117 cm³/mol. The average molecular weight is 437 g/mol. The summed E-state index contributed by atoms with van der Waals surface area (Å²) in [5, 5.41) is 15.5. The van der Waals surface area contributed by atoms with Gasteiger partial charge in [-0.05, 0) is 51.8 Å². The van der Waals surface area contributed by atoms with Crippen molar-refractivity contribution < 1.29 is 18.1 Å². The Balaban J connectivity index is 2.12. The molecule has 1 fully saturated rings. The van der Waals surface area contributed by atoms with Gasteiger partial charge in [0.25, 0.3) is 5.69 Å². The third-order valence-electron chi connectivity index (χ3n) is 4.48. The lowest BCUT2D eigenvalue weighted by molar-refractivity contribution is -0.384. The van der Waals surface area contributed by atoms with E-state index >= 15 is 0 Å². The zero-order valence-electron chi connectivity index (χ0n) is 17.5. The first kappa shape index (κ1) is 23.7. The summed E-state index contributed by atoms with van der Waals surface area (Å²) in [6, 6.07) is 3.76. The summed E-state index contributed by atoms with van der Waals surface area (Å²) in [5.41, 5.74) is 4.78. The normalized spacial score (nSPS) is 15.9. The lowest BCUT2D eigenvalue weighted by Crippen LogP contribution is -2.40. The van der Waals surface area contributed by atoms with Crippen molar-refractivity contribution in [1.82, 2.24) is 4.31 Å². The molecule has 1 aromatic rings. The number of hydrazone groups is 1. The Morgan fingerprint density at radius 1 is 1.30 bits per heavy atom. The van der Waals surface area contributed by atoms with Gasteiger partial charge in [-0.3, -0.25) is 15.5 Å². The number of nitrogens with zero attached hydrogens (tertiary/aromatic N) is 3. The second-order valence-electron chi connectivity index (χ2n) is 7.18. The molecule has 1 aliphatic rings. The van der Waals surface area contributed by atoms with E-state index in [1.165, 1.54) is 28.2 Å². The van der Waals surface area contributed by atoms with Gasteiger partial charge < -0.3 is 4.74 Å². The number of sulfonamides is 1. The van der Waals surface area contributed by atoms with Crippen molar-refractivity contribution in [3.8, 4) is 0 Å². The van der Waals surface area contributed by atoms with Crippen LogP contribution in [0.25, 0.3) is 0 Å². The summed E-state index contributed by atoms with van der Waals surface area (Å²) < 4.78 is 31.9. The highest BCUT2D eigenvalue weighted by molar-refractivity contribution is 7.89. The zero-order chi connectivity index (χ0) is 22.1. The molecule has 9 nitrogen and oxygen atoms in total. The Labute approximate surface area is 177 Å². The van der Waals surface area contributed by atoms with Crippen molar-refractivity contribution in [2.45, 2.75) is 38.5 Å². The number of anilines is 1. The van der Waals surface area contributed by atoms with Gasteiger partial charge in [0.1, 0.15) is 5.69 Å². The number of benzene rings is 1. The molecule has 0 atom stereocenters. The minimum atomic E-state index is -3.82. The molecule has 0 amide bonds. The SMILES string of the molecule is CC(C)=CCCC(C)=CC=NNc1ccc(S(=O)(=O)N2CCOCC2)cc1[N+](=O)[O-]. The lowest BCUT2D eigenvalue weighted by Gasteiger charge is -2.26. The number of hydrogen-bond donors (Lipinski definition) is 1. The first-order valence-corrected chi connectivity index (χ1v) is 11.1. The van der Waals surface area contributed by atoms with Crippen LogP contribution in [0.15, 0.2) is 51.5 Å². The van der Waals surface area contributed by atoms with Crippen LogP contribution in [0.5, 0.6) is 0 Å². The van der Waals surface area contributed by atoms with Gasteiger partial charge in [-0.1, -0.05) is 17.2 Å². The zero-order valence-corrected chi connectivity index (χ0v) is 18.3. The third-order valence-corrected chi connectivity index (χ3v) is 6.38. The Bertz CT molecular complexity index is 944. The number of morpholine rings is 1. The standard InChI is InChI=1S/C20H28N4O5S/c1-16(2)5-4-6-17(3)9-10-21-22-19-8-7-18(15-20(19)24(25)26)30(27,28)23-11-13-29-14-12-23/h5,7-10,15,22H,4,6,11-14H2,1-3H3. The Kier molecular flexibility index (Phi) is 8.70. The Morgan fingerprint density at radius 3 is 2.63 bits per heavy atom. The van der Waals surface area contributed by atoms with Crippen molar-refractivity contribution in [2.24, 2.45) is 5.10 Å². The minimum Gasteiger partial charge on any atom is -0.379 e. The van der Waals surface area contributed by atoms with E-state index < -0.39 is 14.9 Å². The molecule has 1 aromatic carbocycles. The van der Waals surface area contributed by atoms with E-state index in [1.54, 1.807) is 0 Å². The van der Waals surface area contributed by atoms with Gasteiger partial charge in [-0.2, -0.15) is 9.41 Å². The molecule has 0 unspecified atom stereocenters. The maximum Gasteiger partial charge on any atom is 0.295 e. The van der Waals surface area contributed by atoms with Gasteiger partial charge in [-0.15, -0.1) is 0 Å². The molecule has 2 rings (SSSR count). The molecular weight excluding hydrogens is 408 g/mol. The molecule has 0 spiro atoms. The largest absolute Gasteiger partial charge is 0.379 e. The number of allylic oxidation sites excluding steroid dienone is 4. The van der Waals surface area contributed by atoms with Gasteiger partial charge in [0.2, 0.25) is 10.0 Å². The monoisotopic (exact) mass is 436 g/mol. The highest BCUT2D eigenvalue weighted by Gasteiger charge is 2.28. The van der Waals surface area contributed by atoms with E-state index in [9.17, 15) is 18.5 Å². The van der Waals surface area contributed by atoms with E-state index in [1.807, 2.05) is 13.0 Å². The molecule has 10 heteroatoms. The van der Waals surface area contributed by atoms with Gasteiger partial charge in [0.15, 0.2) is 0 Å².